The third-order valence-electron chi connectivity index (χ3n) is 2.92. The minimum atomic E-state index is 0.130. The first kappa shape index (κ1) is 13.7. The molecular weight excluding hydrogens is 250 g/mol. The number of benzene rings is 1. The molecule has 2 atom stereocenters. The van der Waals surface area contributed by atoms with E-state index in [1.165, 1.54) is 0 Å². The van der Waals surface area contributed by atoms with E-state index in [2.05, 4.69) is 12.2 Å². The van der Waals surface area contributed by atoms with Gasteiger partial charge in [0.05, 0.1) is 29.9 Å². The van der Waals surface area contributed by atoms with Gasteiger partial charge in [0.1, 0.15) is 5.75 Å². The summed E-state index contributed by atoms with van der Waals surface area (Å²) in [5, 5.41) is 4.10. The highest BCUT2D eigenvalue weighted by Gasteiger charge is 2.20. The molecule has 1 heterocycles. The molecule has 1 fully saturated rings. The van der Waals surface area contributed by atoms with Gasteiger partial charge in [0.2, 0.25) is 0 Å². The standard InChI is InChI=1S/C14H20ClNO2/c1-9(2)18-14-5-4-11(6-12(14)15)13-8-17-10(3)7-16-13/h4-6,9-10,13,16H,7-8H2,1-3H3. The van der Waals surface area contributed by atoms with Gasteiger partial charge >= 0.3 is 0 Å². The minimum Gasteiger partial charge on any atom is -0.489 e. The summed E-state index contributed by atoms with van der Waals surface area (Å²) in [6, 6.07) is 6.14. The summed E-state index contributed by atoms with van der Waals surface area (Å²) < 4.78 is 11.3. The van der Waals surface area contributed by atoms with Gasteiger partial charge in [-0.05, 0) is 38.5 Å². The lowest BCUT2D eigenvalue weighted by Crippen LogP contribution is -2.39. The molecule has 0 saturated carbocycles. The van der Waals surface area contributed by atoms with Crippen LogP contribution in [0.1, 0.15) is 32.4 Å². The monoisotopic (exact) mass is 269 g/mol. The van der Waals surface area contributed by atoms with Crippen LogP contribution in [0.15, 0.2) is 18.2 Å². The number of rotatable bonds is 3. The van der Waals surface area contributed by atoms with Crippen molar-refractivity contribution in [1.29, 1.82) is 0 Å². The van der Waals surface area contributed by atoms with Crippen LogP contribution >= 0.6 is 11.6 Å². The summed E-state index contributed by atoms with van der Waals surface area (Å²) in [5.74, 6) is 0.737. The number of hydrogen-bond acceptors (Lipinski definition) is 3. The lowest BCUT2D eigenvalue weighted by molar-refractivity contribution is 0.0149. The highest BCUT2D eigenvalue weighted by molar-refractivity contribution is 6.32. The summed E-state index contributed by atoms with van der Waals surface area (Å²) in [6.45, 7) is 7.59. The normalized spacial score (nSPS) is 24.3. The predicted octanol–water partition coefficient (Wildman–Crippen LogP) is 3.18. The molecule has 1 aromatic rings. The summed E-state index contributed by atoms with van der Waals surface area (Å²) in [4.78, 5) is 0. The van der Waals surface area contributed by atoms with Crippen molar-refractivity contribution in [3.05, 3.63) is 28.8 Å². The van der Waals surface area contributed by atoms with E-state index in [4.69, 9.17) is 21.1 Å². The third-order valence-corrected chi connectivity index (χ3v) is 3.22. The van der Waals surface area contributed by atoms with Crippen molar-refractivity contribution in [3.8, 4) is 5.75 Å². The van der Waals surface area contributed by atoms with Crippen LogP contribution in [0.2, 0.25) is 5.02 Å². The number of halogens is 1. The maximum absolute atomic E-state index is 6.23. The van der Waals surface area contributed by atoms with E-state index in [-0.39, 0.29) is 18.2 Å². The molecule has 0 bridgehead atoms. The van der Waals surface area contributed by atoms with Crippen molar-refractivity contribution in [2.75, 3.05) is 13.2 Å². The van der Waals surface area contributed by atoms with Crippen molar-refractivity contribution < 1.29 is 9.47 Å². The van der Waals surface area contributed by atoms with Crippen molar-refractivity contribution in [2.45, 2.75) is 39.0 Å². The number of nitrogens with one attached hydrogen (secondary N) is 1. The SMILES string of the molecule is CC(C)Oc1ccc(C2COC(C)CN2)cc1Cl. The van der Waals surface area contributed by atoms with E-state index in [9.17, 15) is 0 Å². The lowest BCUT2D eigenvalue weighted by Gasteiger charge is -2.29. The highest BCUT2D eigenvalue weighted by atomic mass is 35.5. The van der Waals surface area contributed by atoms with Crippen molar-refractivity contribution >= 4 is 11.6 Å². The van der Waals surface area contributed by atoms with Crippen LogP contribution in [0.25, 0.3) is 0 Å². The fourth-order valence-electron chi connectivity index (χ4n) is 1.98. The number of ether oxygens (including phenoxy) is 2. The van der Waals surface area contributed by atoms with Crippen LogP contribution in [0, 0.1) is 0 Å². The van der Waals surface area contributed by atoms with Crippen LogP contribution in [-0.4, -0.2) is 25.4 Å². The Morgan fingerprint density at radius 2 is 2.22 bits per heavy atom. The topological polar surface area (TPSA) is 30.5 Å². The van der Waals surface area contributed by atoms with Crippen LogP contribution in [0.4, 0.5) is 0 Å². The fourth-order valence-corrected chi connectivity index (χ4v) is 2.22. The molecule has 100 valence electrons. The van der Waals surface area contributed by atoms with Gasteiger partial charge in [-0.3, -0.25) is 0 Å². The zero-order valence-corrected chi connectivity index (χ0v) is 11.8. The van der Waals surface area contributed by atoms with E-state index >= 15 is 0 Å². The smallest absolute Gasteiger partial charge is 0.138 e. The van der Waals surface area contributed by atoms with E-state index in [0.29, 0.717) is 11.6 Å². The minimum absolute atomic E-state index is 0.130. The fraction of sp³-hybridized carbons (Fsp3) is 0.571. The molecule has 1 aromatic carbocycles. The Morgan fingerprint density at radius 3 is 2.78 bits per heavy atom. The zero-order valence-electron chi connectivity index (χ0n) is 11.1. The molecule has 2 unspecified atom stereocenters. The van der Waals surface area contributed by atoms with Crippen molar-refractivity contribution in [1.82, 2.24) is 5.32 Å². The average Bonchev–Trinajstić information content (AvgIpc) is 2.32. The first-order valence-electron chi connectivity index (χ1n) is 6.37. The Balaban J connectivity index is 2.08. The Morgan fingerprint density at radius 1 is 1.44 bits per heavy atom. The second-order valence-electron chi connectivity index (χ2n) is 4.96. The average molecular weight is 270 g/mol. The van der Waals surface area contributed by atoms with Gasteiger partial charge in [-0.15, -0.1) is 0 Å². The maximum atomic E-state index is 6.23. The molecule has 0 spiro atoms. The number of hydrogen-bond donors (Lipinski definition) is 1. The van der Waals surface area contributed by atoms with Gasteiger partial charge in [0, 0.05) is 6.54 Å². The Bertz CT molecular complexity index is 401. The first-order chi connectivity index (χ1) is 8.56. The van der Waals surface area contributed by atoms with Crippen molar-refractivity contribution in [2.24, 2.45) is 0 Å². The Labute approximate surface area is 113 Å². The third kappa shape index (κ3) is 3.37. The molecule has 0 aliphatic carbocycles. The van der Waals surface area contributed by atoms with Gasteiger partial charge < -0.3 is 14.8 Å². The second kappa shape index (κ2) is 5.91. The molecule has 4 heteroatoms. The molecule has 0 amide bonds. The molecular formula is C14H20ClNO2. The Kier molecular flexibility index (Phi) is 4.49. The van der Waals surface area contributed by atoms with Gasteiger partial charge in [-0.25, -0.2) is 0 Å². The summed E-state index contributed by atoms with van der Waals surface area (Å²) in [6.07, 6.45) is 0.408. The van der Waals surface area contributed by atoms with Gasteiger partial charge in [0.25, 0.3) is 0 Å². The van der Waals surface area contributed by atoms with Crippen LogP contribution in [-0.2, 0) is 4.74 Å². The first-order valence-corrected chi connectivity index (χ1v) is 6.75. The van der Waals surface area contributed by atoms with Crippen LogP contribution in [0.3, 0.4) is 0 Å². The maximum Gasteiger partial charge on any atom is 0.138 e. The molecule has 1 aliphatic rings. The second-order valence-corrected chi connectivity index (χ2v) is 5.37. The number of morpholine rings is 1. The highest BCUT2D eigenvalue weighted by Crippen LogP contribution is 2.29. The van der Waals surface area contributed by atoms with E-state index in [1.807, 2.05) is 32.0 Å². The molecule has 0 radical (unpaired) electrons. The van der Waals surface area contributed by atoms with Gasteiger partial charge in [0.15, 0.2) is 0 Å². The quantitative estimate of drug-likeness (QED) is 0.914. The molecule has 1 aliphatic heterocycles. The molecule has 1 N–H and O–H groups in total. The molecule has 2 rings (SSSR count). The van der Waals surface area contributed by atoms with E-state index in [0.717, 1.165) is 17.9 Å². The largest absolute Gasteiger partial charge is 0.489 e. The van der Waals surface area contributed by atoms with Crippen LogP contribution in [0.5, 0.6) is 5.75 Å². The van der Waals surface area contributed by atoms with Crippen molar-refractivity contribution in [3.63, 3.8) is 0 Å². The van der Waals surface area contributed by atoms with E-state index < -0.39 is 0 Å². The zero-order chi connectivity index (χ0) is 13.1. The Hall–Kier alpha value is -0.770. The lowest BCUT2D eigenvalue weighted by atomic mass is 10.1. The molecule has 1 saturated heterocycles. The molecule has 18 heavy (non-hydrogen) atoms. The van der Waals surface area contributed by atoms with E-state index in [1.54, 1.807) is 0 Å². The van der Waals surface area contributed by atoms with Gasteiger partial charge in [-0.1, -0.05) is 17.7 Å². The van der Waals surface area contributed by atoms with Gasteiger partial charge in [-0.2, -0.15) is 0 Å². The summed E-state index contributed by atoms with van der Waals surface area (Å²) in [7, 11) is 0. The summed E-state index contributed by atoms with van der Waals surface area (Å²) >= 11 is 6.23. The predicted molar refractivity (Wildman–Crippen MR) is 73.4 cm³/mol. The van der Waals surface area contributed by atoms with Crippen LogP contribution < -0.4 is 10.1 Å². The molecule has 3 nitrogen and oxygen atoms in total. The summed E-state index contributed by atoms with van der Waals surface area (Å²) in [5.41, 5.74) is 1.14. The molecule has 0 aromatic heterocycles.